The molecule has 1 aliphatic carbocycles. The number of nitrogens with two attached hydrogens (primary N) is 1. The lowest BCUT2D eigenvalue weighted by molar-refractivity contribution is -0.120. The van der Waals surface area contributed by atoms with Crippen molar-refractivity contribution >= 4 is 56.5 Å². The van der Waals surface area contributed by atoms with Gasteiger partial charge in [-0.05, 0) is 74.6 Å². The maximum absolute atomic E-state index is 13.5. The molecule has 0 bridgehead atoms. The van der Waals surface area contributed by atoms with E-state index in [1.807, 2.05) is 69.3 Å². The highest BCUT2D eigenvalue weighted by Crippen LogP contribution is 2.46. The van der Waals surface area contributed by atoms with E-state index in [9.17, 15) is 14.4 Å². The van der Waals surface area contributed by atoms with Crippen molar-refractivity contribution in [1.82, 2.24) is 15.6 Å². The number of carbonyl (C=O) groups is 3. The Bertz CT molecular complexity index is 1640. The van der Waals surface area contributed by atoms with Gasteiger partial charge in [-0.2, -0.15) is 0 Å². The number of pyridine rings is 1. The highest BCUT2D eigenvalue weighted by molar-refractivity contribution is 7.21. The Morgan fingerprint density at radius 3 is 2.51 bits per heavy atom. The van der Waals surface area contributed by atoms with Gasteiger partial charge in [0.25, 0.3) is 5.91 Å². The molecule has 2 aromatic heterocycles. The van der Waals surface area contributed by atoms with Crippen LogP contribution in [-0.4, -0.2) is 41.5 Å². The van der Waals surface area contributed by atoms with Crippen molar-refractivity contribution in [2.45, 2.75) is 58.5 Å². The number of rotatable bonds is 7. The fourth-order valence-corrected chi connectivity index (χ4v) is 6.56. The Hall–Kier alpha value is -4.48. The van der Waals surface area contributed by atoms with Gasteiger partial charge < -0.3 is 26.4 Å². The molecule has 11 heteroatoms. The van der Waals surface area contributed by atoms with Crippen LogP contribution in [0.2, 0.25) is 0 Å². The molecule has 224 valence electrons. The minimum absolute atomic E-state index is 0.0277. The van der Waals surface area contributed by atoms with Crippen LogP contribution in [0, 0.1) is 6.92 Å². The van der Waals surface area contributed by atoms with E-state index in [0.717, 1.165) is 36.0 Å². The number of nitrogens with zero attached hydrogens (tertiary/aromatic N) is 2. The zero-order valence-electron chi connectivity index (χ0n) is 24.5. The van der Waals surface area contributed by atoms with Gasteiger partial charge in [-0.1, -0.05) is 32.0 Å². The predicted octanol–water partition coefficient (Wildman–Crippen LogP) is 6.22. The minimum Gasteiger partial charge on any atom is -0.457 e. The maximum Gasteiger partial charge on any atom is 0.331 e. The van der Waals surface area contributed by atoms with Crippen LogP contribution < -0.4 is 31.3 Å². The number of aryl methyl sites for hydroxylation is 1. The first-order chi connectivity index (χ1) is 20.9. The van der Waals surface area contributed by atoms with Crippen molar-refractivity contribution in [3.05, 3.63) is 71.2 Å². The van der Waals surface area contributed by atoms with Crippen LogP contribution >= 0.6 is 11.3 Å². The van der Waals surface area contributed by atoms with E-state index in [4.69, 9.17) is 10.5 Å². The molecule has 10 nitrogen and oxygen atoms in total. The molecule has 4 amide bonds. The third-order valence-corrected chi connectivity index (χ3v) is 8.50. The molecule has 6 rings (SSSR count). The largest absolute Gasteiger partial charge is 0.457 e. The van der Waals surface area contributed by atoms with Gasteiger partial charge in [0, 0.05) is 18.3 Å². The summed E-state index contributed by atoms with van der Waals surface area (Å²) in [6, 6.07) is 16.4. The monoisotopic (exact) mass is 600 g/mol. The standard InChI is InChI=1S/C30H30N6O4S.C2H6/c1-17-14-21(40-20-8-3-2-4-9-20)10-11-22(17)36-23-12-13-32-29-25(23)26(35-30(36)39)27(41-29)28(38)34-19-7-5-6-18(15-19)33-24(37)16-31;1-2/h2-4,8-14,18-19H,5-7,15-16,31H2,1H3,(H,33,37)(H,34,38)(H,35,39);1-2H3/t18?,19-;/m0./s1. The van der Waals surface area contributed by atoms with E-state index in [2.05, 4.69) is 20.9 Å². The Balaban J connectivity index is 0.00000180. The Labute approximate surface area is 254 Å². The second kappa shape index (κ2) is 13.2. The Morgan fingerprint density at radius 1 is 1.05 bits per heavy atom. The molecule has 3 heterocycles. The first-order valence-corrected chi connectivity index (χ1v) is 15.4. The molecule has 4 aromatic rings. The van der Waals surface area contributed by atoms with E-state index in [1.165, 1.54) is 11.3 Å². The number of aromatic nitrogens is 1. The van der Waals surface area contributed by atoms with Gasteiger partial charge in [0.05, 0.1) is 29.0 Å². The van der Waals surface area contributed by atoms with Crippen LogP contribution in [-0.2, 0) is 4.79 Å². The number of urea groups is 1. The van der Waals surface area contributed by atoms with Crippen molar-refractivity contribution in [3.63, 3.8) is 0 Å². The molecule has 2 aromatic carbocycles. The average molecular weight is 601 g/mol. The number of para-hydroxylation sites is 1. The number of ether oxygens (including phenoxy) is 1. The van der Waals surface area contributed by atoms with Gasteiger partial charge >= 0.3 is 6.03 Å². The number of thiophene rings is 1. The molecular weight excluding hydrogens is 564 g/mol. The van der Waals surface area contributed by atoms with Crippen LogP contribution in [0.4, 0.5) is 21.9 Å². The number of nitrogens with one attached hydrogen (secondary N) is 3. The number of hydrogen-bond donors (Lipinski definition) is 4. The van der Waals surface area contributed by atoms with Gasteiger partial charge in [-0.15, -0.1) is 11.3 Å². The van der Waals surface area contributed by atoms with Gasteiger partial charge in [-0.3, -0.25) is 14.5 Å². The average Bonchev–Trinajstić information content (AvgIpc) is 3.39. The minimum atomic E-state index is -0.362. The maximum atomic E-state index is 13.5. The summed E-state index contributed by atoms with van der Waals surface area (Å²) in [5, 5.41) is 9.72. The zero-order valence-corrected chi connectivity index (χ0v) is 25.3. The summed E-state index contributed by atoms with van der Waals surface area (Å²) in [7, 11) is 0. The van der Waals surface area contributed by atoms with Crippen LogP contribution in [0.15, 0.2) is 60.8 Å². The van der Waals surface area contributed by atoms with Gasteiger partial charge in [0.2, 0.25) is 5.91 Å². The second-order valence-electron chi connectivity index (χ2n) is 10.3. The van der Waals surface area contributed by atoms with E-state index < -0.39 is 0 Å². The third kappa shape index (κ3) is 6.32. The number of carbonyl (C=O) groups excluding carboxylic acids is 3. The SMILES string of the molecule is CC.Cc1cc(Oc2ccccc2)ccc1N1C(=O)Nc2c(C(=O)N[C@H]3CCCC(NC(=O)CN)C3)sc3nccc1c23. The first kappa shape index (κ1) is 30.0. The topological polar surface area (TPSA) is 139 Å². The predicted molar refractivity (Wildman–Crippen MR) is 171 cm³/mol. The van der Waals surface area contributed by atoms with Crippen LogP contribution in [0.1, 0.15) is 54.8 Å². The quantitative estimate of drug-likeness (QED) is 0.199. The Kier molecular flexibility index (Phi) is 9.22. The molecule has 2 atom stereocenters. The Morgan fingerprint density at radius 2 is 1.79 bits per heavy atom. The molecule has 0 spiro atoms. The number of hydrogen-bond acceptors (Lipinski definition) is 7. The highest BCUT2D eigenvalue weighted by atomic mass is 32.1. The van der Waals surface area contributed by atoms with Crippen LogP contribution in [0.3, 0.4) is 0 Å². The van der Waals surface area contributed by atoms with E-state index in [-0.39, 0.29) is 36.5 Å². The normalized spacial score (nSPS) is 17.4. The van der Waals surface area contributed by atoms with Crippen molar-refractivity contribution in [2.75, 3.05) is 16.8 Å². The molecular formula is C32H36N6O4S. The first-order valence-electron chi connectivity index (χ1n) is 14.6. The molecule has 2 aliphatic rings. The lowest BCUT2D eigenvalue weighted by atomic mass is 9.91. The van der Waals surface area contributed by atoms with Crippen molar-refractivity contribution < 1.29 is 19.1 Å². The molecule has 1 saturated carbocycles. The van der Waals surface area contributed by atoms with Crippen molar-refractivity contribution in [3.8, 4) is 11.5 Å². The van der Waals surface area contributed by atoms with Crippen molar-refractivity contribution in [2.24, 2.45) is 5.73 Å². The van der Waals surface area contributed by atoms with Gasteiger partial charge in [0.15, 0.2) is 0 Å². The second-order valence-corrected chi connectivity index (χ2v) is 11.3. The summed E-state index contributed by atoms with van der Waals surface area (Å²) in [4.78, 5) is 45.9. The fourth-order valence-electron chi connectivity index (χ4n) is 5.54. The van der Waals surface area contributed by atoms with Crippen LogP contribution in [0.25, 0.3) is 10.2 Å². The van der Waals surface area contributed by atoms with Gasteiger partial charge in [0.1, 0.15) is 21.2 Å². The fraction of sp³-hybridized carbons (Fsp3) is 0.312. The van der Waals surface area contributed by atoms with Crippen LogP contribution in [0.5, 0.6) is 11.5 Å². The number of benzene rings is 2. The van der Waals surface area contributed by atoms with E-state index in [1.54, 1.807) is 17.2 Å². The lowest BCUT2D eigenvalue weighted by Gasteiger charge is -2.31. The smallest absolute Gasteiger partial charge is 0.331 e. The number of amides is 4. The molecule has 0 saturated heterocycles. The summed E-state index contributed by atoms with van der Waals surface area (Å²) in [6.45, 7) is 5.87. The molecule has 1 unspecified atom stereocenters. The number of anilines is 3. The summed E-state index contributed by atoms with van der Waals surface area (Å²) in [5.41, 5.74) is 8.12. The molecule has 43 heavy (non-hydrogen) atoms. The summed E-state index contributed by atoms with van der Waals surface area (Å²) in [5.74, 6) is 0.925. The molecule has 1 fully saturated rings. The van der Waals surface area contributed by atoms with Crippen molar-refractivity contribution in [1.29, 1.82) is 0 Å². The lowest BCUT2D eigenvalue weighted by Crippen LogP contribution is -2.47. The van der Waals surface area contributed by atoms with E-state index >= 15 is 0 Å². The third-order valence-electron chi connectivity index (χ3n) is 7.40. The summed E-state index contributed by atoms with van der Waals surface area (Å²) >= 11 is 1.25. The van der Waals surface area contributed by atoms with E-state index in [0.29, 0.717) is 38.9 Å². The summed E-state index contributed by atoms with van der Waals surface area (Å²) < 4.78 is 5.97. The highest BCUT2D eigenvalue weighted by Gasteiger charge is 2.34. The molecule has 0 radical (unpaired) electrons. The molecule has 5 N–H and O–H groups in total. The summed E-state index contributed by atoms with van der Waals surface area (Å²) in [6.07, 6.45) is 4.83. The van der Waals surface area contributed by atoms with Gasteiger partial charge in [-0.25, -0.2) is 9.78 Å². The zero-order chi connectivity index (χ0) is 30.5. The molecule has 1 aliphatic heterocycles.